The van der Waals surface area contributed by atoms with Crippen molar-refractivity contribution in [1.82, 2.24) is 15.0 Å². The monoisotopic (exact) mass is 386 g/mol. The van der Waals surface area contributed by atoms with Crippen molar-refractivity contribution in [2.45, 2.75) is 0 Å². The fourth-order valence-electron chi connectivity index (χ4n) is 2.40. The largest absolute Gasteiger partial charge is 0.361 e. The molecule has 102 valence electrons. The molecule has 0 saturated heterocycles. The molecule has 0 aliphatic carbocycles. The van der Waals surface area contributed by atoms with Gasteiger partial charge in [-0.2, -0.15) is 0 Å². The molecule has 0 aliphatic heterocycles. The summed E-state index contributed by atoms with van der Waals surface area (Å²) >= 11 is 2.30. The van der Waals surface area contributed by atoms with Crippen LogP contribution in [0.15, 0.2) is 55.0 Å². The zero-order valence-electron chi connectivity index (χ0n) is 11.0. The third kappa shape index (κ3) is 2.33. The maximum Gasteiger partial charge on any atom is 0.141 e. The van der Waals surface area contributed by atoms with Crippen molar-refractivity contribution in [2.75, 3.05) is 5.32 Å². The van der Waals surface area contributed by atoms with Crippen LogP contribution < -0.4 is 5.32 Å². The number of nitrogens with one attached hydrogen (secondary N) is 2. The van der Waals surface area contributed by atoms with E-state index < -0.39 is 0 Å². The first-order valence-corrected chi connectivity index (χ1v) is 7.62. The second-order valence-corrected chi connectivity index (χ2v) is 6.03. The van der Waals surface area contributed by atoms with Gasteiger partial charge in [-0.1, -0.05) is 0 Å². The van der Waals surface area contributed by atoms with E-state index in [4.69, 9.17) is 0 Å². The number of hydrogen-bond donors (Lipinski definition) is 2. The van der Waals surface area contributed by atoms with E-state index >= 15 is 0 Å². The van der Waals surface area contributed by atoms with Crippen LogP contribution in [0, 0.1) is 3.57 Å². The molecule has 4 rings (SSSR count). The molecule has 0 unspecified atom stereocenters. The summed E-state index contributed by atoms with van der Waals surface area (Å²) in [5.41, 5.74) is 3.08. The van der Waals surface area contributed by atoms with Gasteiger partial charge in [0.2, 0.25) is 0 Å². The number of anilines is 2. The average molecular weight is 386 g/mol. The Morgan fingerprint density at radius 1 is 1.00 bits per heavy atom. The SMILES string of the molecule is Ic1ccc2ncnc(Nc3ccc4[nH]ccc4c3)c2c1. The molecule has 2 aromatic carbocycles. The van der Waals surface area contributed by atoms with Crippen LogP contribution in [-0.4, -0.2) is 15.0 Å². The van der Waals surface area contributed by atoms with Gasteiger partial charge in [0.15, 0.2) is 0 Å². The Bertz CT molecular complexity index is 945. The van der Waals surface area contributed by atoms with Gasteiger partial charge in [0.05, 0.1) is 5.52 Å². The van der Waals surface area contributed by atoms with Gasteiger partial charge in [0, 0.05) is 31.7 Å². The van der Waals surface area contributed by atoms with E-state index in [1.165, 1.54) is 8.96 Å². The Hall–Kier alpha value is -2.15. The minimum Gasteiger partial charge on any atom is -0.361 e. The van der Waals surface area contributed by atoms with E-state index in [2.05, 4.69) is 67.1 Å². The van der Waals surface area contributed by atoms with Crippen LogP contribution in [-0.2, 0) is 0 Å². The van der Waals surface area contributed by atoms with Gasteiger partial charge in [-0.05, 0) is 65.1 Å². The summed E-state index contributed by atoms with van der Waals surface area (Å²) in [6.45, 7) is 0. The summed E-state index contributed by atoms with van der Waals surface area (Å²) in [4.78, 5) is 11.9. The number of aromatic nitrogens is 3. The number of aromatic amines is 1. The first-order valence-electron chi connectivity index (χ1n) is 6.54. The molecule has 5 heteroatoms. The number of H-pyrrole nitrogens is 1. The molecule has 0 saturated carbocycles. The molecule has 0 amide bonds. The maximum atomic E-state index is 4.38. The lowest BCUT2D eigenvalue weighted by atomic mass is 10.2. The van der Waals surface area contributed by atoms with Gasteiger partial charge in [0.1, 0.15) is 12.1 Å². The Kier molecular flexibility index (Phi) is 2.99. The van der Waals surface area contributed by atoms with E-state index in [9.17, 15) is 0 Å². The highest BCUT2D eigenvalue weighted by Gasteiger charge is 2.05. The molecule has 0 atom stereocenters. The first-order chi connectivity index (χ1) is 10.3. The van der Waals surface area contributed by atoms with Crippen LogP contribution in [0.3, 0.4) is 0 Å². The lowest BCUT2D eigenvalue weighted by molar-refractivity contribution is 1.22. The zero-order valence-corrected chi connectivity index (χ0v) is 13.1. The number of rotatable bonds is 2. The number of benzene rings is 2. The highest BCUT2D eigenvalue weighted by molar-refractivity contribution is 14.1. The molecule has 0 aliphatic rings. The van der Waals surface area contributed by atoms with E-state index in [1.807, 2.05) is 24.4 Å². The van der Waals surface area contributed by atoms with E-state index in [1.54, 1.807) is 6.33 Å². The van der Waals surface area contributed by atoms with Gasteiger partial charge in [-0.3, -0.25) is 0 Å². The van der Waals surface area contributed by atoms with Crippen molar-refractivity contribution >= 4 is 55.9 Å². The summed E-state index contributed by atoms with van der Waals surface area (Å²) in [6.07, 6.45) is 3.53. The van der Waals surface area contributed by atoms with Crippen molar-refractivity contribution < 1.29 is 0 Å². The highest BCUT2D eigenvalue weighted by atomic mass is 127. The van der Waals surface area contributed by atoms with Crippen LogP contribution in [0.1, 0.15) is 0 Å². The molecule has 0 fully saturated rings. The predicted molar refractivity (Wildman–Crippen MR) is 93.8 cm³/mol. The molecule has 0 spiro atoms. The molecular formula is C16H11IN4. The van der Waals surface area contributed by atoms with Gasteiger partial charge in [0.25, 0.3) is 0 Å². The normalized spacial score (nSPS) is 11.1. The van der Waals surface area contributed by atoms with Gasteiger partial charge >= 0.3 is 0 Å². The molecule has 0 bridgehead atoms. The third-order valence-electron chi connectivity index (χ3n) is 3.41. The zero-order chi connectivity index (χ0) is 14.2. The molecular weight excluding hydrogens is 375 g/mol. The average Bonchev–Trinajstić information content (AvgIpc) is 2.95. The minimum absolute atomic E-state index is 0.827. The van der Waals surface area contributed by atoms with Crippen molar-refractivity contribution in [3.05, 3.63) is 58.6 Å². The third-order valence-corrected chi connectivity index (χ3v) is 4.08. The van der Waals surface area contributed by atoms with Gasteiger partial charge in [-0.15, -0.1) is 0 Å². The molecule has 2 heterocycles. The van der Waals surface area contributed by atoms with E-state index in [0.717, 1.165) is 27.9 Å². The second kappa shape index (κ2) is 5.00. The second-order valence-electron chi connectivity index (χ2n) is 4.79. The molecule has 4 nitrogen and oxygen atoms in total. The summed E-state index contributed by atoms with van der Waals surface area (Å²) in [5.74, 6) is 0.827. The van der Waals surface area contributed by atoms with Crippen molar-refractivity contribution in [3.8, 4) is 0 Å². The van der Waals surface area contributed by atoms with Crippen LogP contribution in [0.25, 0.3) is 21.8 Å². The fourth-order valence-corrected chi connectivity index (χ4v) is 2.89. The van der Waals surface area contributed by atoms with Crippen molar-refractivity contribution in [2.24, 2.45) is 0 Å². The highest BCUT2D eigenvalue weighted by Crippen LogP contribution is 2.26. The Morgan fingerprint density at radius 2 is 1.95 bits per heavy atom. The topological polar surface area (TPSA) is 53.6 Å². The van der Waals surface area contributed by atoms with Gasteiger partial charge in [-0.25, -0.2) is 9.97 Å². The Balaban J connectivity index is 1.81. The molecule has 4 aromatic rings. The van der Waals surface area contributed by atoms with Crippen LogP contribution in [0.2, 0.25) is 0 Å². The Morgan fingerprint density at radius 3 is 2.90 bits per heavy atom. The number of fused-ring (bicyclic) bond motifs is 2. The number of nitrogens with zero attached hydrogens (tertiary/aromatic N) is 2. The van der Waals surface area contributed by atoms with Crippen LogP contribution in [0.4, 0.5) is 11.5 Å². The van der Waals surface area contributed by atoms with E-state index in [-0.39, 0.29) is 0 Å². The predicted octanol–water partition coefficient (Wildman–Crippen LogP) is 4.46. The lowest BCUT2D eigenvalue weighted by Crippen LogP contribution is -1.96. The maximum absolute atomic E-state index is 4.38. The summed E-state index contributed by atoms with van der Waals surface area (Å²) in [7, 11) is 0. The summed E-state index contributed by atoms with van der Waals surface area (Å²) in [6, 6.07) is 14.4. The number of halogens is 1. The molecule has 2 aromatic heterocycles. The quantitative estimate of drug-likeness (QED) is 0.501. The fraction of sp³-hybridized carbons (Fsp3) is 0. The standard InChI is InChI=1S/C16H11IN4/c17-11-1-3-15-13(8-11)16(20-9-19-15)21-12-2-4-14-10(7-12)5-6-18-14/h1-9,18H,(H,19,20,21). The van der Waals surface area contributed by atoms with Crippen LogP contribution >= 0.6 is 22.6 Å². The summed E-state index contributed by atoms with van der Waals surface area (Å²) < 4.78 is 1.17. The molecule has 21 heavy (non-hydrogen) atoms. The molecule has 2 N–H and O–H groups in total. The molecule has 0 radical (unpaired) electrons. The summed E-state index contributed by atoms with van der Waals surface area (Å²) in [5, 5.41) is 5.59. The van der Waals surface area contributed by atoms with Crippen molar-refractivity contribution in [3.63, 3.8) is 0 Å². The first kappa shape index (κ1) is 12.6. The Labute approximate surface area is 134 Å². The smallest absolute Gasteiger partial charge is 0.141 e. The van der Waals surface area contributed by atoms with Crippen molar-refractivity contribution in [1.29, 1.82) is 0 Å². The van der Waals surface area contributed by atoms with Gasteiger partial charge < -0.3 is 10.3 Å². The lowest BCUT2D eigenvalue weighted by Gasteiger charge is -2.08. The minimum atomic E-state index is 0.827. The number of hydrogen-bond acceptors (Lipinski definition) is 3. The van der Waals surface area contributed by atoms with Crippen LogP contribution in [0.5, 0.6) is 0 Å². The van der Waals surface area contributed by atoms with E-state index in [0.29, 0.717) is 0 Å².